The molecule has 3 heterocycles. The van der Waals surface area contributed by atoms with E-state index < -0.39 is 17.7 Å². The highest BCUT2D eigenvalue weighted by Gasteiger charge is 2.72. The average Bonchev–Trinajstić information content (AvgIpc) is 3.21. The standard InChI is InChI=1S/C17H22N4O5/c1-4-19-11-7(2)13(22)12-10(14(11)23)8(6-26-16(18)24)17(25-3)15-9(20-15)5-21(12)17/h8-9,15,19-20H,4-6H2,1-3H3,(H2,18,24)/t8-,9+,15+,17-/m1/s1. The van der Waals surface area contributed by atoms with Gasteiger partial charge in [0.1, 0.15) is 6.61 Å². The summed E-state index contributed by atoms with van der Waals surface area (Å²) in [5, 5.41) is 6.32. The van der Waals surface area contributed by atoms with Crippen molar-refractivity contribution in [2.75, 3.05) is 26.8 Å². The number of likely N-dealkylation sites (N-methyl/N-ethyl adjacent to an activating group) is 1. The van der Waals surface area contributed by atoms with Crippen LogP contribution in [-0.4, -0.2) is 67.2 Å². The van der Waals surface area contributed by atoms with E-state index in [1.807, 2.05) is 11.8 Å². The lowest BCUT2D eigenvalue weighted by atomic mass is 9.82. The number of allylic oxidation sites excluding steroid dienone is 2. The van der Waals surface area contributed by atoms with E-state index in [2.05, 4.69) is 10.6 Å². The number of amides is 1. The van der Waals surface area contributed by atoms with E-state index in [-0.39, 0.29) is 30.3 Å². The van der Waals surface area contributed by atoms with Crippen LogP contribution < -0.4 is 16.4 Å². The summed E-state index contributed by atoms with van der Waals surface area (Å²) in [6.07, 6.45) is -0.927. The number of carbonyl (C=O) groups excluding carboxylic acids is 3. The fourth-order valence-corrected chi connectivity index (χ4v) is 4.68. The van der Waals surface area contributed by atoms with Crippen molar-refractivity contribution in [2.45, 2.75) is 31.7 Å². The van der Waals surface area contributed by atoms with Crippen molar-refractivity contribution < 1.29 is 23.9 Å². The van der Waals surface area contributed by atoms with Crippen LogP contribution in [0.25, 0.3) is 0 Å². The fraction of sp³-hybridized carbons (Fsp3) is 0.588. The van der Waals surface area contributed by atoms with Crippen LogP contribution in [0.1, 0.15) is 13.8 Å². The van der Waals surface area contributed by atoms with Gasteiger partial charge in [0.25, 0.3) is 0 Å². The van der Waals surface area contributed by atoms with Crippen LogP contribution in [0.5, 0.6) is 0 Å². The lowest BCUT2D eigenvalue weighted by Gasteiger charge is -2.39. The zero-order valence-electron chi connectivity index (χ0n) is 14.9. The molecular weight excluding hydrogens is 340 g/mol. The maximum absolute atomic E-state index is 13.2. The van der Waals surface area contributed by atoms with Gasteiger partial charge in [0.05, 0.1) is 23.4 Å². The molecule has 2 saturated heterocycles. The molecule has 1 amide bonds. The molecule has 0 bridgehead atoms. The number of rotatable bonds is 5. The Labute approximate surface area is 150 Å². The molecule has 4 atom stereocenters. The summed E-state index contributed by atoms with van der Waals surface area (Å²) in [4.78, 5) is 39.4. The summed E-state index contributed by atoms with van der Waals surface area (Å²) < 4.78 is 10.9. The zero-order valence-corrected chi connectivity index (χ0v) is 14.9. The summed E-state index contributed by atoms with van der Waals surface area (Å²) >= 11 is 0. The third-order valence-electron chi connectivity index (χ3n) is 5.78. The van der Waals surface area contributed by atoms with E-state index >= 15 is 0 Å². The quantitative estimate of drug-likeness (QED) is 0.419. The number of fused-ring (bicyclic) bond motifs is 4. The molecule has 0 aromatic carbocycles. The van der Waals surface area contributed by atoms with Crippen LogP contribution in [0, 0.1) is 5.92 Å². The minimum absolute atomic E-state index is 0.0388. The van der Waals surface area contributed by atoms with E-state index in [0.717, 1.165) is 0 Å². The highest BCUT2D eigenvalue weighted by atomic mass is 16.6. The Morgan fingerprint density at radius 1 is 1.42 bits per heavy atom. The van der Waals surface area contributed by atoms with E-state index in [1.54, 1.807) is 14.0 Å². The van der Waals surface area contributed by atoms with Crippen LogP contribution in [0.3, 0.4) is 0 Å². The SMILES string of the molecule is CCNC1=C(C)C(=O)C2=C(C1=O)[C@@H](COC(N)=O)[C@@]1(OC)[C@H]3N[C@H]3CN21. The second kappa shape index (κ2) is 5.55. The van der Waals surface area contributed by atoms with Crippen molar-refractivity contribution in [3.05, 3.63) is 22.5 Å². The van der Waals surface area contributed by atoms with Gasteiger partial charge in [-0.25, -0.2) is 4.79 Å². The summed E-state index contributed by atoms with van der Waals surface area (Å²) in [5.41, 5.74) is 5.61. The van der Waals surface area contributed by atoms with Gasteiger partial charge in [-0.1, -0.05) is 0 Å². The number of nitrogens with one attached hydrogen (secondary N) is 2. The van der Waals surface area contributed by atoms with Gasteiger partial charge in [-0.05, 0) is 13.8 Å². The lowest BCUT2D eigenvalue weighted by molar-refractivity contribution is -0.137. The van der Waals surface area contributed by atoms with Gasteiger partial charge < -0.3 is 30.7 Å². The minimum Gasteiger partial charge on any atom is -0.449 e. The van der Waals surface area contributed by atoms with Crippen molar-refractivity contribution in [1.82, 2.24) is 15.5 Å². The summed E-state index contributed by atoms with van der Waals surface area (Å²) in [7, 11) is 1.55. The van der Waals surface area contributed by atoms with E-state index in [1.165, 1.54) is 0 Å². The maximum atomic E-state index is 13.2. The number of piperazine rings is 1. The molecule has 0 spiro atoms. The molecule has 1 aliphatic carbocycles. The number of Topliss-reactive ketones (excluding diaryl/α,β-unsaturated/α-hetero) is 2. The Balaban J connectivity index is 1.82. The van der Waals surface area contributed by atoms with Crippen LogP contribution in [0.2, 0.25) is 0 Å². The Bertz CT molecular complexity index is 788. The second-order valence-electron chi connectivity index (χ2n) is 6.95. The number of hydrogen-bond donors (Lipinski definition) is 3. The number of ether oxygens (including phenoxy) is 2. The average molecular weight is 362 g/mol. The highest BCUT2D eigenvalue weighted by Crippen LogP contribution is 2.55. The number of nitrogens with two attached hydrogens (primary N) is 1. The van der Waals surface area contributed by atoms with Gasteiger partial charge in [0, 0.05) is 37.4 Å². The molecule has 4 N–H and O–H groups in total. The molecule has 2 fully saturated rings. The van der Waals surface area contributed by atoms with Crippen LogP contribution in [0.15, 0.2) is 22.5 Å². The van der Waals surface area contributed by atoms with E-state index in [9.17, 15) is 14.4 Å². The van der Waals surface area contributed by atoms with E-state index in [0.29, 0.717) is 35.6 Å². The predicted molar refractivity (Wildman–Crippen MR) is 89.6 cm³/mol. The summed E-state index contributed by atoms with van der Waals surface area (Å²) in [6, 6.07) is 0.144. The molecule has 140 valence electrons. The molecule has 4 aliphatic rings. The molecule has 9 nitrogen and oxygen atoms in total. The topological polar surface area (TPSA) is 133 Å². The Hall–Kier alpha value is -2.39. The van der Waals surface area contributed by atoms with Crippen molar-refractivity contribution in [2.24, 2.45) is 11.7 Å². The van der Waals surface area contributed by atoms with Crippen LogP contribution in [-0.2, 0) is 19.1 Å². The van der Waals surface area contributed by atoms with Crippen LogP contribution >= 0.6 is 0 Å². The van der Waals surface area contributed by atoms with Gasteiger partial charge in [0.2, 0.25) is 11.6 Å². The molecule has 0 radical (unpaired) electrons. The second-order valence-corrected chi connectivity index (χ2v) is 6.95. The monoisotopic (exact) mass is 362 g/mol. The predicted octanol–water partition coefficient (Wildman–Crippen LogP) is -1.00. The third kappa shape index (κ3) is 1.95. The lowest BCUT2D eigenvalue weighted by Crippen LogP contribution is -2.55. The summed E-state index contributed by atoms with van der Waals surface area (Å²) in [5.74, 6) is -1.04. The van der Waals surface area contributed by atoms with Crippen molar-refractivity contribution in [1.29, 1.82) is 0 Å². The number of nitrogens with zero attached hydrogens (tertiary/aromatic N) is 1. The Morgan fingerprint density at radius 2 is 2.15 bits per heavy atom. The fourth-order valence-electron chi connectivity index (χ4n) is 4.68. The van der Waals surface area contributed by atoms with Gasteiger partial charge in [-0.15, -0.1) is 0 Å². The first-order valence-electron chi connectivity index (χ1n) is 8.67. The molecule has 9 heteroatoms. The first-order valence-corrected chi connectivity index (χ1v) is 8.67. The zero-order chi connectivity index (χ0) is 18.8. The smallest absolute Gasteiger partial charge is 0.404 e. The Morgan fingerprint density at radius 3 is 2.77 bits per heavy atom. The normalized spacial score (nSPS) is 34.7. The molecule has 26 heavy (non-hydrogen) atoms. The number of primary amides is 1. The first-order chi connectivity index (χ1) is 12.4. The van der Waals surface area contributed by atoms with E-state index in [4.69, 9.17) is 15.2 Å². The van der Waals surface area contributed by atoms with Gasteiger partial charge in [-0.2, -0.15) is 0 Å². The summed E-state index contributed by atoms with van der Waals surface area (Å²) in [6.45, 7) is 4.47. The molecule has 0 aromatic heterocycles. The van der Waals surface area contributed by atoms with Crippen LogP contribution in [0.4, 0.5) is 4.79 Å². The van der Waals surface area contributed by atoms with Crippen molar-refractivity contribution >= 4 is 17.7 Å². The first kappa shape index (κ1) is 17.0. The largest absolute Gasteiger partial charge is 0.449 e. The number of carbonyl (C=O) groups is 3. The van der Waals surface area contributed by atoms with Crippen molar-refractivity contribution in [3.8, 4) is 0 Å². The molecule has 0 aromatic rings. The van der Waals surface area contributed by atoms with Gasteiger partial charge >= 0.3 is 6.09 Å². The molecule has 0 saturated carbocycles. The number of hydrogen-bond acceptors (Lipinski definition) is 8. The highest BCUT2D eigenvalue weighted by molar-refractivity contribution is 6.25. The molecule has 4 rings (SSSR count). The number of methoxy groups -OCH3 is 1. The molecule has 0 unspecified atom stereocenters. The molecular formula is C17H22N4O5. The molecule has 3 aliphatic heterocycles. The third-order valence-corrected chi connectivity index (χ3v) is 5.78. The van der Waals surface area contributed by atoms with Gasteiger partial charge in [-0.3, -0.25) is 9.59 Å². The van der Waals surface area contributed by atoms with Crippen molar-refractivity contribution in [3.63, 3.8) is 0 Å². The minimum atomic E-state index is -0.932. The number of ketones is 2. The Kier molecular flexibility index (Phi) is 3.64. The van der Waals surface area contributed by atoms with Gasteiger partial charge in [0.15, 0.2) is 5.72 Å². The maximum Gasteiger partial charge on any atom is 0.404 e.